The van der Waals surface area contributed by atoms with Crippen molar-refractivity contribution in [3.63, 3.8) is 0 Å². The molecule has 0 spiro atoms. The monoisotopic (exact) mass is 244 g/mol. The van der Waals surface area contributed by atoms with Crippen LogP contribution < -0.4 is 5.32 Å². The second-order valence-corrected chi connectivity index (χ2v) is 4.98. The predicted octanol–water partition coefficient (Wildman–Crippen LogP) is 3.26. The highest BCUT2D eigenvalue weighted by Gasteiger charge is 2.10. The highest BCUT2D eigenvalue weighted by atomic mass is 32.1. The van der Waals surface area contributed by atoms with Gasteiger partial charge in [-0.3, -0.25) is 4.79 Å². The number of carbonyl (C=O) groups excluding carboxylic acids is 1. The molecule has 1 amide bonds. The number of hydrogen-bond acceptors (Lipinski definition) is 4. The quantitative estimate of drug-likeness (QED) is 0.781. The van der Waals surface area contributed by atoms with Crippen molar-refractivity contribution >= 4 is 35.0 Å². The van der Waals surface area contributed by atoms with Gasteiger partial charge in [0.05, 0.1) is 0 Å². The zero-order valence-electron chi connectivity index (χ0n) is 8.99. The molecule has 0 radical (unpaired) electrons. The molecule has 0 aliphatic rings. The molecule has 0 saturated heterocycles. The molecule has 1 rings (SSSR count). The number of thiol groups is 1. The molecule has 1 atom stereocenters. The van der Waals surface area contributed by atoms with Gasteiger partial charge in [-0.25, -0.2) is 4.98 Å². The van der Waals surface area contributed by atoms with Crippen LogP contribution in [0.15, 0.2) is 6.20 Å². The summed E-state index contributed by atoms with van der Waals surface area (Å²) in [4.78, 5) is 16.5. The van der Waals surface area contributed by atoms with Crippen LogP contribution in [0, 0.1) is 0 Å². The molecule has 1 heterocycles. The predicted molar refractivity (Wildman–Crippen MR) is 67.7 cm³/mol. The normalized spacial score (nSPS) is 12.5. The number of amides is 1. The third kappa shape index (κ3) is 3.83. The second-order valence-electron chi connectivity index (χ2n) is 3.29. The van der Waals surface area contributed by atoms with Crippen LogP contribution in [0.3, 0.4) is 0 Å². The van der Waals surface area contributed by atoms with Crippen molar-refractivity contribution in [2.45, 2.75) is 38.4 Å². The Kier molecular flexibility index (Phi) is 5.11. The Labute approximate surface area is 99.7 Å². The van der Waals surface area contributed by atoms with Crippen molar-refractivity contribution in [1.29, 1.82) is 0 Å². The van der Waals surface area contributed by atoms with Crippen LogP contribution in [0.1, 0.15) is 43.2 Å². The molecule has 1 aromatic rings. The zero-order valence-corrected chi connectivity index (χ0v) is 10.7. The summed E-state index contributed by atoms with van der Waals surface area (Å²) in [6.45, 7) is 4.06. The van der Waals surface area contributed by atoms with Crippen molar-refractivity contribution in [1.82, 2.24) is 4.98 Å². The second kappa shape index (κ2) is 6.12. The van der Waals surface area contributed by atoms with Crippen LogP contribution in [0.2, 0.25) is 0 Å². The van der Waals surface area contributed by atoms with E-state index in [1.807, 2.05) is 6.92 Å². The molecular weight excluding hydrogens is 228 g/mol. The fourth-order valence-electron chi connectivity index (χ4n) is 1.11. The van der Waals surface area contributed by atoms with E-state index in [1.54, 1.807) is 6.20 Å². The van der Waals surface area contributed by atoms with Crippen LogP contribution in [0.4, 0.5) is 5.13 Å². The Balaban J connectivity index is 2.56. The number of nitrogens with zero attached hydrogens (tertiary/aromatic N) is 1. The summed E-state index contributed by atoms with van der Waals surface area (Å²) in [7, 11) is 0. The first-order valence-electron chi connectivity index (χ1n) is 5.11. The van der Waals surface area contributed by atoms with E-state index in [0.717, 1.165) is 17.7 Å². The molecular formula is C10H16N2OS2. The van der Waals surface area contributed by atoms with E-state index in [0.29, 0.717) is 11.6 Å². The van der Waals surface area contributed by atoms with Crippen molar-refractivity contribution < 1.29 is 4.79 Å². The molecule has 1 aromatic heterocycles. The van der Waals surface area contributed by atoms with Gasteiger partial charge >= 0.3 is 0 Å². The SMILES string of the molecule is CCCC(=O)Nc1ncc(C(S)CC)s1. The van der Waals surface area contributed by atoms with E-state index in [4.69, 9.17) is 0 Å². The van der Waals surface area contributed by atoms with Gasteiger partial charge in [0.1, 0.15) is 0 Å². The van der Waals surface area contributed by atoms with Crippen LogP contribution in [0.25, 0.3) is 0 Å². The standard InChI is InChI=1S/C10H16N2OS2/c1-3-5-9(13)12-10-11-6-8(15-10)7(14)4-2/h6-7,14H,3-5H2,1-2H3,(H,11,12,13). The van der Waals surface area contributed by atoms with Gasteiger partial charge in [0, 0.05) is 22.7 Å². The maximum absolute atomic E-state index is 11.3. The average molecular weight is 244 g/mol. The van der Waals surface area contributed by atoms with Crippen LogP contribution in [-0.4, -0.2) is 10.9 Å². The number of carbonyl (C=O) groups is 1. The molecule has 0 aliphatic heterocycles. The number of rotatable bonds is 5. The van der Waals surface area contributed by atoms with Gasteiger partial charge in [-0.2, -0.15) is 12.6 Å². The molecule has 84 valence electrons. The summed E-state index contributed by atoms with van der Waals surface area (Å²) in [5.74, 6) is 0.0330. The molecule has 0 fully saturated rings. The summed E-state index contributed by atoms with van der Waals surface area (Å²) >= 11 is 5.92. The van der Waals surface area contributed by atoms with Crippen LogP contribution in [-0.2, 0) is 4.79 Å². The van der Waals surface area contributed by atoms with E-state index in [1.165, 1.54) is 11.3 Å². The number of hydrogen-bond donors (Lipinski definition) is 2. The summed E-state index contributed by atoms with van der Waals surface area (Å²) in [5.41, 5.74) is 0. The first kappa shape index (κ1) is 12.5. The van der Waals surface area contributed by atoms with Gasteiger partial charge in [-0.15, -0.1) is 11.3 Å². The maximum atomic E-state index is 11.3. The Hall–Kier alpha value is -0.550. The van der Waals surface area contributed by atoms with Crippen LogP contribution >= 0.6 is 24.0 Å². The molecule has 0 bridgehead atoms. The van der Waals surface area contributed by atoms with E-state index in [-0.39, 0.29) is 11.2 Å². The first-order chi connectivity index (χ1) is 7.17. The molecule has 0 saturated carbocycles. The van der Waals surface area contributed by atoms with E-state index < -0.39 is 0 Å². The maximum Gasteiger partial charge on any atom is 0.226 e. The van der Waals surface area contributed by atoms with Gasteiger partial charge in [-0.05, 0) is 12.8 Å². The lowest BCUT2D eigenvalue weighted by molar-refractivity contribution is -0.116. The smallest absolute Gasteiger partial charge is 0.226 e. The van der Waals surface area contributed by atoms with Gasteiger partial charge in [0.2, 0.25) is 5.91 Å². The molecule has 1 unspecified atom stereocenters. The van der Waals surface area contributed by atoms with E-state index in [2.05, 4.69) is 29.9 Å². The summed E-state index contributed by atoms with van der Waals surface area (Å²) in [6.07, 6.45) is 4.16. The Morgan fingerprint density at radius 2 is 2.40 bits per heavy atom. The summed E-state index contributed by atoms with van der Waals surface area (Å²) in [6, 6.07) is 0. The topological polar surface area (TPSA) is 42.0 Å². The molecule has 0 aromatic carbocycles. The van der Waals surface area contributed by atoms with Crippen molar-refractivity contribution in [3.8, 4) is 0 Å². The molecule has 0 aliphatic carbocycles. The Morgan fingerprint density at radius 3 is 3.00 bits per heavy atom. The summed E-state index contributed by atoms with van der Waals surface area (Å²) in [5, 5.41) is 3.68. The minimum atomic E-state index is 0.0330. The number of thiazole rings is 1. The minimum absolute atomic E-state index is 0.0330. The highest BCUT2D eigenvalue weighted by Crippen LogP contribution is 2.30. The fourth-order valence-corrected chi connectivity index (χ4v) is 2.23. The van der Waals surface area contributed by atoms with Crippen molar-refractivity contribution in [2.24, 2.45) is 0 Å². The lowest BCUT2D eigenvalue weighted by Gasteiger charge is -2.01. The van der Waals surface area contributed by atoms with Gasteiger partial charge < -0.3 is 5.32 Å². The molecule has 5 heteroatoms. The highest BCUT2D eigenvalue weighted by molar-refractivity contribution is 7.80. The van der Waals surface area contributed by atoms with Gasteiger partial charge in [0.25, 0.3) is 0 Å². The fraction of sp³-hybridized carbons (Fsp3) is 0.600. The van der Waals surface area contributed by atoms with E-state index >= 15 is 0 Å². The molecule has 1 N–H and O–H groups in total. The lowest BCUT2D eigenvalue weighted by atomic mass is 10.3. The zero-order chi connectivity index (χ0) is 11.3. The van der Waals surface area contributed by atoms with Crippen molar-refractivity contribution in [2.75, 3.05) is 5.32 Å². The third-order valence-electron chi connectivity index (χ3n) is 1.96. The number of aromatic nitrogens is 1. The van der Waals surface area contributed by atoms with Crippen molar-refractivity contribution in [3.05, 3.63) is 11.1 Å². The lowest BCUT2D eigenvalue weighted by Crippen LogP contribution is -2.09. The largest absolute Gasteiger partial charge is 0.302 e. The first-order valence-corrected chi connectivity index (χ1v) is 6.44. The minimum Gasteiger partial charge on any atom is -0.302 e. The number of anilines is 1. The van der Waals surface area contributed by atoms with Crippen LogP contribution in [0.5, 0.6) is 0 Å². The Bertz CT molecular complexity index is 325. The molecule has 15 heavy (non-hydrogen) atoms. The van der Waals surface area contributed by atoms with Gasteiger partial charge in [0.15, 0.2) is 5.13 Å². The number of nitrogens with one attached hydrogen (secondary N) is 1. The third-order valence-corrected chi connectivity index (χ3v) is 3.81. The average Bonchev–Trinajstić information content (AvgIpc) is 2.65. The van der Waals surface area contributed by atoms with E-state index in [9.17, 15) is 4.79 Å². The molecule has 3 nitrogen and oxygen atoms in total. The summed E-state index contributed by atoms with van der Waals surface area (Å²) < 4.78 is 0. The Morgan fingerprint density at radius 1 is 1.67 bits per heavy atom. The van der Waals surface area contributed by atoms with Gasteiger partial charge in [-0.1, -0.05) is 13.8 Å².